The number of fused-ring (bicyclic) bond motifs is 1. The predicted octanol–water partition coefficient (Wildman–Crippen LogP) is 9.68. The maximum absolute atomic E-state index is 14.5. The summed E-state index contributed by atoms with van der Waals surface area (Å²) in [6, 6.07) is 28.4. The van der Waals surface area contributed by atoms with E-state index in [1.54, 1.807) is 29.2 Å². The number of thioether (sulfide) groups is 1. The Morgan fingerprint density at radius 2 is 1.72 bits per heavy atom. The molecule has 1 saturated heterocycles. The molecule has 4 aromatic carbocycles. The summed E-state index contributed by atoms with van der Waals surface area (Å²) in [4.78, 5) is 14.7. The molecule has 0 amide bonds. The van der Waals surface area contributed by atoms with Crippen LogP contribution in [0, 0.1) is 0 Å². The number of piperazine rings is 1. The largest absolute Gasteiger partial charge is 0.418 e. The molecule has 0 bridgehead atoms. The van der Waals surface area contributed by atoms with Gasteiger partial charge in [0.1, 0.15) is 6.33 Å². The van der Waals surface area contributed by atoms with Gasteiger partial charge >= 0.3 is 6.18 Å². The second-order valence-electron chi connectivity index (χ2n) is 14.3. The minimum atomic E-state index is -4.81. The van der Waals surface area contributed by atoms with Crippen molar-refractivity contribution in [3.05, 3.63) is 125 Å². The zero-order chi connectivity index (χ0) is 40.9. The number of nitrogens with one attached hydrogen (secondary N) is 2. The molecule has 3 heterocycles. The van der Waals surface area contributed by atoms with Crippen molar-refractivity contribution in [1.29, 1.82) is 0 Å². The molecule has 304 valence electrons. The molecule has 9 nitrogen and oxygen atoms in total. The smallest absolute Gasteiger partial charge is 0.381 e. The number of sulfonamides is 1. The van der Waals surface area contributed by atoms with Gasteiger partial charge in [-0.25, -0.2) is 18.4 Å². The second kappa shape index (κ2) is 18.3. The Balaban J connectivity index is 1.04. The summed E-state index contributed by atoms with van der Waals surface area (Å²) in [5.74, 6) is 0.508. The third-order valence-electron chi connectivity index (χ3n) is 9.95. The summed E-state index contributed by atoms with van der Waals surface area (Å²) >= 11 is 9.55. The van der Waals surface area contributed by atoms with Crippen LogP contribution in [0.15, 0.2) is 118 Å². The molecule has 58 heavy (non-hydrogen) atoms. The highest BCUT2D eigenvalue weighted by atomic mass is 35.5. The van der Waals surface area contributed by atoms with Gasteiger partial charge < -0.3 is 15.1 Å². The zero-order valence-corrected chi connectivity index (χ0v) is 35.1. The summed E-state index contributed by atoms with van der Waals surface area (Å²) in [5, 5.41) is 6.14. The zero-order valence-electron chi connectivity index (χ0n) is 31.9. The van der Waals surface area contributed by atoms with Crippen molar-refractivity contribution in [1.82, 2.24) is 19.8 Å². The number of thiophene rings is 1. The number of benzene rings is 4. The lowest BCUT2D eigenvalue weighted by molar-refractivity contribution is -0.137. The fourth-order valence-corrected chi connectivity index (χ4v) is 10.0. The van der Waals surface area contributed by atoms with Gasteiger partial charge in [0.05, 0.1) is 20.2 Å². The van der Waals surface area contributed by atoms with E-state index in [1.165, 1.54) is 18.5 Å². The van der Waals surface area contributed by atoms with Gasteiger partial charge in [0, 0.05) is 66.3 Å². The number of rotatable bonds is 15. The molecule has 6 aromatic rings. The van der Waals surface area contributed by atoms with Crippen LogP contribution < -0.4 is 14.9 Å². The van der Waals surface area contributed by atoms with Crippen LogP contribution in [0.3, 0.4) is 0 Å². The van der Waals surface area contributed by atoms with E-state index in [1.807, 2.05) is 79.0 Å². The van der Waals surface area contributed by atoms with Crippen molar-refractivity contribution in [2.75, 3.05) is 67.5 Å². The molecule has 1 aliphatic rings. The lowest BCUT2D eigenvalue weighted by atomic mass is 9.99. The Morgan fingerprint density at radius 3 is 2.45 bits per heavy atom. The van der Waals surface area contributed by atoms with Gasteiger partial charge in [0.25, 0.3) is 10.0 Å². The third-order valence-corrected chi connectivity index (χ3v) is 13.8. The van der Waals surface area contributed by atoms with Crippen LogP contribution in [0.5, 0.6) is 0 Å². The van der Waals surface area contributed by atoms with Crippen LogP contribution in [-0.4, -0.2) is 86.8 Å². The summed E-state index contributed by atoms with van der Waals surface area (Å²) < 4.78 is 74.4. The molecule has 2 aromatic heterocycles. The summed E-state index contributed by atoms with van der Waals surface area (Å²) in [6.45, 7) is 4.55. The maximum Gasteiger partial charge on any atom is 0.418 e. The van der Waals surface area contributed by atoms with Gasteiger partial charge in [0.15, 0.2) is 5.82 Å². The average Bonchev–Trinajstić information content (AvgIpc) is 3.73. The quantitative estimate of drug-likeness (QED) is 0.0980. The Labute approximate surface area is 350 Å². The normalized spacial score (nSPS) is 14.6. The Hall–Kier alpha value is -4.38. The van der Waals surface area contributed by atoms with Crippen LogP contribution in [0.4, 0.5) is 30.4 Å². The van der Waals surface area contributed by atoms with Crippen molar-refractivity contribution in [3.8, 4) is 11.1 Å². The van der Waals surface area contributed by atoms with Crippen molar-refractivity contribution in [3.63, 3.8) is 0 Å². The van der Waals surface area contributed by atoms with Crippen LogP contribution in [0.2, 0.25) is 5.02 Å². The molecule has 16 heteroatoms. The van der Waals surface area contributed by atoms with Crippen LogP contribution in [0.25, 0.3) is 22.0 Å². The number of hydrogen-bond acceptors (Lipinski definition) is 10. The Kier molecular flexibility index (Phi) is 13.2. The molecule has 0 unspecified atom stereocenters. The highest BCUT2D eigenvalue weighted by Crippen LogP contribution is 2.38. The number of anilines is 3. The number of alkyl halides is 3. The first-order valence-electron chi connectivity index (χ1n) is 18.7. The lowest BCUT2D eigenvalue weighted by Gasteiger charge is -2.36. The van der Waals surface area contributed by atoms with E-state index in [0.29, 0.717) is 40.7 Å². The van der Waals surface area contributed by atoms with Gasteiger partial charge in [-0.3, -0.25) is 9.62 Å². The molecule has 1 atom stereocenters. The fourth-order valence-electron chi connectivity index (χ4n) is 6.92. The van der Waals surface area contributed by atoms with Crippen LogP contribution in [0.1, 0.15) is 17.5 Å². The van der Waals surface area contributed by atoms with Gasteiger partial charge in [0.2, 0.25) is 0 Å². The van der Waals surface area contributed by atoms with E-state index < -0.39 is 26.7 Å². The van der Waals surface area contributed by atoms with Crippen molar-refractivity contribution in [2.24, 2.45) is 0 Å². The predicted molar refractivity (Wildman–Crippen MR) is 232 cm³/mol. The highest BCUT2D eigenvalue weighted by molar-refractivity contribution is 8.01. The van der Waals surface area contributed by atoms with E-state index in [4.69, 9.17) is 11.6 Å². The standard InChI is InChI=1S/C42H43ClF3N7O2S3/c1-51(2)17-16-32(27-57-40-9-6-22-56-40)49-38-15-12-34(25-37(38)42(44,45)46)58(54,55)50-41-36-14-11-33(24-39(36)47-28-48-41)53-20-18-52(19-21-53)26-30-23-31(43)10-13-35(30)29-7-4-3-5-8-29/h3-15,22-25,28,32,49H,16-21,26-27H2,1-2H3,(H,47,48,50)/t32-/m1/s1. The molecule has 1 aliphatic heterocycles. The van der Waals surface area contributed by atoms with Crippen molar-refractivity contribution >= 4 is 72.8 Å². The van der Waals surface area contributed by atoms with Crippen LogP contribution >= 0.6 is 34.7 Å². The van der Waals surface area contributed by atoms with Gasteiger partial charge in [-0.1, -0.05) is 54.1 Å². The molecular weight excluding hydrogens is 823 g/mol. The van der Waals surface area contributed by atoms with Gasteiger partial charge in [-0.2, -0.15) is 13.2 Å². The molecular formula is C42H43ClF3N7O2S3. The minimum Gasteiger partial charge on any atom is -0.381 e. The van der Waals surface area contributed by atoms with Crippen LogP contribution in [-0.2, 0) is 22.7 Å². The number of halogens is 4. The fraction of sp³-hybridized carbons (Fsp3) is 0.286. The average molecular weight is 867 g/mol. The molecule has 0 saturated carbocycles. The Bertz CT molecular complexity index is 2430. The summed E-state index contributed by atoms with van der Waals surface area (Å²) in [5.41, 5.74) is 3.64. The van der Waals surface area contributed by atoms with E-state index in [2.05, 4.69) is 48.0 Å². The first-order chi connectivity index (χ1) is 27.8. The Morgan fingerprint density at radius 1 is 0.931 bits per heavy atom. The number of aromatic nitrogens is 2. The maximum atomic E-state index is 14.5. The molecule has 2 N–H and O–H groups in total. The highest BCUT2D eigenvalue weighted by Gasteiger charge is 2.36. The molecule has 7 rings (SSSR count). The second-order valence-corrected chi connectivity index (χ2v) is 18.7. The van der Waals surface area contributed by atoms with E-state index in [9.17, 15) is 21.6 Å². The first kappa shape index (κ1) is 41.8. The third kappa shape index (κ3) is 10.4. The van der Waals surface area contributed by atoms with Gasteiger partial charge in [-0.15, -0.1) is 23.1 Å². The van der Waals surface area contributed by atoms with Crippen molar-refractivity contribution in [2.45, 2.75) is 34.3 Å². The van der Waals surface area contributed by atoms with Crippen molar-refractivity contribution < 1.29 is 21.6 Å². The summed E-state index contributed by atoms with van der Waals surface area (Å²) in [7, 11) is -0.667. The number of hydrogen-bond donors (Lipinski definition) is 2. The van der Waals surface area contributed by atoms with Gasteiger partial charge in [-0.05, 0) is 104 Å². The van der Waals surface area contributed by atoms with E-state index >= 15 is 0 Å². The van der Waals surface area contributed by atoms with E-state index in [0.717, 1.165) is 59.3 Å². The minimum absolute atomic E-state index is 0.0257. The molecule has 1 fully saturated rings. The number of nitrogens with zero attached hydrogens (tertiary/aromatic N) is 5. The van der Waals surface area contributed by atoms with E-state index in [-0.39, 0.29) is 17.5 Å². The molecule has 0 spiro atoms. The first-order valence-corrected chi connectivity index (χ1v) is 22.4. The molecule has 0 radical (unpaired) electrons. The topological polar surface area (TPSA) is 93.7 Å². The molecule has 0 aliphatic carbocycles. The summed E-state index contributed by atoms with van der Waals surface area (Å²) in [6.07, 6.45) is -2.99. The lowest BCUT2D eigenvalue weighted by Crippen LogP contribution is -2.46. The monoisotopic (exact) mass is 865 g/mol. The SMILES string of the molecule is CN(C)CC[C@H](CSc1cccs1)Nc1ccc(S(=O)(=O)Nc2ncnc3cc(N4CCN(Cc5cc(Cl)ccc5-c5ccccc5)CC4)ccc23)cc1C(F)(F)F.